The number of hydrogen-bond acceptors (Lipinski definition) is 6. The average Bonchev–Trinajstić information content (AvgIpc) is 3.50. The molecule has 3 aliphatic heterocycles. The van der Waals surface area contributed by atoms with Crippen molar-refractivity contribution in [2.45, 2.75) is 50.0 Å². The maximum Gasteiger partial charge on any atom is 0.408 e. The van der Waals surface area contributed by atoms with Crippen molar-refractivity contribution in [3.8, 4) is 5.75 Å². The van der Waals surface area contributed by atoms with Crippen LogP contribution in [0.4, 0.5) is 4.79 Å². The number of amides is 3. The lowest BCUT2D eigenvalue weighted by molar-refractivity contribution is -0.147. The minimum absolute atomic E-state index is 0.0841. The lowest BCUT2D eigenvalue weighted by atomic mass is 9.98. The van der Waals surface area contributed by atoms with Gasteiger partial charge in [-0.2, -0.15) is 0 Å². The Balaban J connectivity index is 1.23. The molecule has 2 saturated heterocycles. The lowest BCUT2D eigenvalue weighted by Gasteiger charge is -2.44. The molecule has 2 fully saturated rings. The molecular weight excluding hydrogens is 532 g/mol. The molecule has 3 amide bonds. The van der Waals surface area contributed by atoms with Crippen LogP contribution >= 0.6 is 0 Å². The van der Waals surface area contributed by atoms with Gasteiger partial charge in [0, 0.05) is 31.1 Å². The molecule has 0 aliphatic carbocycles. The molecule has 42 heavy (non-hydrogen) atoms. The van der Waals surface area contributed by atoms with Crippen molar-refractivity contribution in [2.75, 3.05) is 26.2 Å². The second-order valence-corrected chi connectivity index (χ2v) is 11.1. The summed E-state index contributed by atoms with van der Waals surface area (Å²) in [5.41, 5.74) is 2.42. The first-order chi connectivity index (χ1) is 20.6. The molecule has 218 valence electrons. The zero-order chi connectivity index (χ0) is 28.9. The Morgan fingerprint density at radius 3 is 2.45 bits per heavy atom. The van der Waals surface area contributed by atoms with Crippen LogP contribution in [0.25, 0.3) is 0 Å². The molecule has 4 atom stereocenters. The highest BCUT2D eigenvalue weighted by Gasteiger charge is 2.44. The number of ether oxygens (including phenoxy) is 2. The van der Waals surface area contributed by atoms with Crippen LogP contribution < -0.4 is 15.4 Å². The van der Waals surface area contributed by atoms with Crippen molar-refractivity contribution in [2.24, 2.45) is 0 Å². The number of alkyl carbamates (subject to hydrolysis) is 1. The van der Waals surface area contributed by atoms with E-state index < -0.39 is 18.2 Å². The van der Waals surface area contributed by atoms with Gasteiger partial charge < -0.3 is 25.0 Å². The Bertz CT molecular complexity index is 1400. The minimum atomic E-state index is -0.999. The lowest BCUT2D eigenvalue weighted by Crippen LogP contribution is -2.64. The Labute approximate surface area is 245 Å². The van der Waals surface area contributed by atoms with Crippen molar-refractivity contribution in [1.29, 1.82) is 0 Å². The topological polar surface area (TPSA) is 100 Å². The summed E-state index contributed by atoms with van der Waals surface area (Å²) < 4.78 is 11.3. The standard InChI is InChI=1S/C33H36N4O5/c38-31(34-27-17-19-41-29-16-8-7-15-26(27)29)28-21-36-18-9-14-25(36)20-37(28)32(39)30(24-12-5-2-6-13-24)35-33(40)42-22-23-10-3-1-4-11-23/h1-8,10-13,15-16,25,27-28,30H,9,14,17-22H2,(H,34,38)(H,35,40)/t25-,27-,28+,30+/m1/s1. The van der Waals surface area contributed by atoms with Crippen LogP contribution in [0.1, 0.15) is 48.0 Å². The summed E-state index contributed by atoms with van der Waals surface area (Å²) in [4.78, 5) is 45.2. The maximum atomic E-state index is 14.3. The fourth-order valence-corrected chi connectivity index (χ4v) is 6.23. The number of para-hydroxylation sites is 1. The van der Waals surface area contributed by atoms with Crippen LogP contribution in [0.2, 0.25) is 0 Å². The molecule has 3 heterocycles. The second-order valence-electron chi connectivity index (χ2n) is 11.1. The van der Waals surface area contributed by atoms with E-state index in [-0.39, 0.29) is 30.5 Å². The third kappa shape index (κ3) is 6.11. The largest absolute Gasteiger partial charge is 0.493 e. The van der Waals surface area contributed by atoms with Crippen LogP contribution in [-0.4, -0.2) is 66.0 Å². The molecule has 0 radical (unpaired) electrons. The molecule has 3 aliphatic rings. The van der Waals surface area contributed by atoms with Gasteiger partial charge in [0.25, 0.3) is 5.91 Å². The van der Waals surface area contributed by atoms with E-state index >= 15 is 0 Å². The van der Waals surface area contributed by atoms with Crippen molar-refractivity contribution in [3.05, 3.63) is 102 Å². The van der Waals surface area contributed by atoms with Crippen molar-refractivity contribution < 1.29 is 23.9 Å². The fraction of sp³-hybridized carbons (Fsp3) is 0.364. The van der Waals surface area contributed by atoms with Gasteiger partial charge >= 0.3 is 6.09 Å². The van der Waals surface area contributed by atoms with E-state index in [0.29, 0.717) is 31.7 Å². The normalized spacial score (nSPS) is 22.2. The number of fused-ring (bicyclic) bond motifs is 2. The SMILES string of the molecule is O=C(N[C@H](C(=O)N1C[C@H]2CCCN2C[C@H]1C(=O)N[C@@H]1CCOc2ccccc21)c1ccccc1)OCc1ccccc1. The van der Waals surface area contributed by atoms with Gasteiger partial charge in [-0.25, -0.2) is 4.79 Å². The number of benzene rings is 3. The maximum absolute atomic E-state index is 14.3. The average molecular weight is 569 g/mol. The van der Waals surface area contributed by atoms with Gasteiger partial charge in [0.15, 0.2) is 0 Å². The van der Waals surface area contributed by atoms with Gasteiger partial charge in [-0.15, -0.1) is 0 Å². The van der Waals surface area contributed by atoms with Gasteiger partial charge in [-0.1, -0.05) is 78.9 Å². The summed E-state index contributed by atoms with van der Waals surface area (Å²) >= 11 is 0. The third-order valence-electron chi connectivity index (χ3n) is 8.41. The molecule has 3 aromatic carbocycles. The molecule has 0 bridgehead atoms. The summed E-state index contributed by atoms with van der Waals surface area (Å²) in [7, 11) is 0. The molecule has 0 aromatic heterocycles. The first kappa shape index (κ1) is 27.8. The summed E-state index contributed by atoms with van der Waals surface area (Å²) in [6.45, 7) is 2.37. The Morgan fingerprint density at radius 1 is 0.905 bits per heavy atom. The van der Waals surface area contributed by atoms with E-state index in [2.05, 4.69) is 15.5 Å². The van der Waals surface area contributed by atoms with E-state index in [4.69, 9.17) is 9.47 Å². The number of rotatable bonds is 7. The zero-order valence-electron chi connectivity index (χ0n) is 23.5. The second kappa shape index (κ2) is 12.7. The van der Waals surface area contributed by atoms with Crippen LogP contribution in [0.5, 0.6) is 5.75 Å². The minimum Gasteiger partial charge on any atom is -0.493 e. The molecule has 9 nitrogen and oxygen atoms in total. The summed E-state index contributed by atoms with van der Waals surface area (Å²) in [6.07, 6.45) is 1.95. The first-order valence-corrected chi connectivity index (χ1v) is 14.7. The summed E-state index contributed by atoms with van der Waals surface area (Å²) in [5, 5.41) is 6.02. The van der Waals surface area contributed by atoms with Crippen molar-refractivity contribution in [3.63, 3.8) is 0 Å². The van der Waals surface area contributed by atoms with Crippen molar-refractivity contribution in [1.82, 2.24) is 20.4 Å². The zero-order valence-corrected chi connectivity index (χ0v) is 23.5. The number of hydrogen-bond donors (Lipinski definition) is 2. The van der Waals surface area contributed by atoms with E-state index in [0.717, 1.165) is 36.3 Å². The first-order valence-electron chi connectivity index (χ1n) is 14.7. The molecule has 6 rings (SSSR count). The highest BCUT2D eigenvalue weighted by molar-refractivity contribution is 5.92. The van der Waals surface area contributed by atoms with Gasteiger partial charge in [0.1, 0.15) is 24.4 Å². The Morgan fingerprint density at radius 2 is 1.64 bits per heavy atom. The third-order valence-corrected chi connectivity index (χ3v) is 8.41. The molecule has 2 N–H and O–H groups in total. The van der Waals surface area contributed by atoms with Gasteiger partial charge in [-0.05, 0) is 36.6 Å². The highest BCUT2D eigenvalue weighted by Crippen LogP contribution is 2.33. The smallest absolute Gasteiger partial charge is 0.408 e. The fourth-order valence-electron chi connectivity index (χ4n) is 6.23. The molecule has 0 spiro atoms. The van der Waals surface area contributed by atoms with E-state index in [9.17, 15) is 14.4 Å². The van der Waals surface area contributed by atoms with Crippen LogP contribution in [0.15, 0.2) is 84.9 Å². The van der Waals surface area contributed by atoms with Gasteiger partial charge in [0.2, 0.25) is 5.91 Å². The highest BCUT2D eigenvalue weighted by atomic mass is 16.5. The molecular formula is C33H36N4O5. The summed E-state index contributed by atoms with van der Waals surface area (Å²) in [6, 6.07) is 24.5. The predicted molar refractivity (Wildman–Crippen MR) is 156 cm³/mol. The monoisotopic (exact) mass is 568 g/mol. The van der Waals surface area contributed by atoms with Gasteiger partial charge in [0.05, 0.1) is 12.6 Å². The van der Waals surface area contributed by atoms with Crippen LogP contribution in [-0.2, 0) is 20.9 Å². The number of piperazine rings is 1. The molecule has 0 saturated carbocycles. The molecule has 9 heteroatoms. The van der Waals surface area contributed by atoms with Crippen LogP contribution in [0, 0.1) is 0 Å². The van der Waals surface area contributed by atoms with E-state index in [1.807, 2.05) is 72.8 Å². The van der Waals surface area contributed by atoms with Gasteiger partial charge in [-0.3, -0.25) is 14.5 Å². The molecule has 0 unspecified atom stereocenters. The number of carbonyl (C=O) groups excluding carboxylic acids is 3. The van der Waals surface area contributed by atoms with E-state index in [1.165, 1.54) is 0 Å². The Hall–Kier alpha value is -4.37. The predicted octanol–water partition coefficient (Wildman–Crippen LogP) is 3.97. The molecule has 3 aromatic rings. The van der Waals surface area contributed by atoms with E-state index in [1.54, 1.807) is 17.0 Å². The van der Waals surface area contributed by atoms with Crippen LogP contribution in [0.3, 0.4) is 0 Å². The number of carbonyl (C=O) groups is 3. The summed E-state index contributed by atoms with van der Waals surface area (Å²) in [5.74, 6) is 0.249. The number of nitrogens with one attached hydrogen (secondary N) is 2. The Kier molecular flexibility index (Phi) is 8.37. The van der Waals surface area contributed by atoms with Crippen molar-refractivity contribution >= 4 is 17.9 Å². The number of nitrogens with zero attached hydrogens (tertiary/aromatic N) is 2. The quantitative estimate of drug-likeness (QED) is 0.448.